The summed E-state index contributed by atoms with van der Waals surface area (Å²) in [7, 11) is 0. The summed E-state index contributed by atoms with van der Waals surface area (Å²) in [6, 6.07) is 19.2. The predicted octanol–water partition coefficient (Wildman–Crippen LogP) is 4.85. The maximum Gasteiger partial charge on any atom is 0.322 e. The Hall–Kier alpha value is -3.95. The molecule has 0 spiro atoms. The molecule has 4 aromatic rings. The quantitative estimate of drug-likeness (QED) is 0.395. The summed E-state index contributed by atoms with van der Waals surface area (Å²) in [5, 5.41) is 11.8. The third-order valence-electron chi connectivity index (χ3n) is 6.86. The van der Waals surface area contributed by atoms with Gasteiger partial charge in [-0.1, -0.05) is 23.7 Å². The van der Waals surface area contributed by atoms with E-state index in [1.807, 2.05) is 47.4 Å². The number of aromatic nitrogens is 4. The molecule has 1 N–H and O–H groups in total. The number of fused-ring (bicyclic) bond motifs is 1. The first kappa shape index (κ1) is 23.4. The SMILES string of the molecule is O=C(Nc1ccc(-n2nccn2)nc1)N1CC[C@@H]2CN(Cc3cccc(Oc4ccc(Cl)cc4)c3)C[C@@H]21. The van der Waals surface area contributed by atoms with Crippen LogP contribution in [0.2, 0.25) is 5.02 Å². The molecule has 2 aromatic carbocycles. The number of amides is 2. The summed E-state index contributed by atoms with van der Waals surface area (Å²) in [5.41, 5.74) is 1.83. The van der Waals surface area contributed by atoms with Crippen molar-refractivity contribution in [2.24, 2.45) is 5.92 Å². The molecule has 0 bridgehead atoms. The van der Waals surface area contributed by atoms with Gasteiger partial charge in [0.15, 0.2) is 5.82 Å². The number of halogens is 1. The lowest BCUT2D eigenvalue weighted by Gasteiger charge is -2.25. The van der Waals surface area contributed by atoms with Crippen LogP contribution in [0, 0.1) is 5.92 Å². The van der Waals surface area contributed by atoms with Gasteiger partial charge in [0, 0.05) is 31.2 Å². The summed E-state index contributed by atoms with van der Waals surface area (Å²) in [4.78, 5) is 23.3. The molecule has 2 atom stereocenters. The van der Waals surface area contributed by atoms with Crippen molar-refractivity contribution in [3.8, 4) is 17.3 Å². The zero-order chi connectivity index (χ0) is 25.2. The van der Waals surface area contributed by atoms with Gasteiger partial charge in [0.05, 0.1) is 30.3 Å². The molecular weight excluding hydrogens is 490 g/mol. The fraction of sp³-hybridized carbons (Fsp3) is 0.259. The molecule has 9 nitrogen and oxygen atoms in total. The number of benzene rings is 2. The molecule has 188 valence electrons. The first-order valence-corrected chi connectivity index (χ1v) is 12.6. The van der Waals surface area contributed by atoms with E-state index in [1.165, 1.54) is 10.4 Å². The maximum absolute atomic E-state index is 13.1. The summed E-state index contributed by atoms with van der Waals surface area (Å²) in [6.45, 7) is 3.40. The summed E-state index contributed by atoms with van der Waals surface area (Å²) in [6.07, 6.45) is 5.83. The van der Waals surface area contributed by atoms with Crippen LogP contribution < -0.4 is 10.1 Å². The van der Waals surface area contributed by atoms with Gasteiger partial charge in [-0.05, 0) is 66.4 Å². The number of carbonyl (C=O) groups is 1. The largest absolute Gasteiger partial charge is 0.457 e. The molecule has 0 unspecified atom stereocenters. The lowest BCUT2D eigenvalue weighted by molar-refractivity contribution is 0.199. The molecule has 37 heavy (non-hydrogen) atoms. The molecule has 2 aliphatic rings. The van der Waals surface area contributed by atoms with Crippen molar-refractivity contribution in [1.29, 1.82) is 0 Å². The number of pyridine rings is 1. The molecule has 6 rings (SSSR count). The molecule has 4 heterocycles. The van der Waals surface area contributed by atoms with Crippen molar-refractivity contribution in [3.05, 3.63) is 89.8 Å². The second kappa shape index (κ2) is 10.2. The molecule has 2 saturated heterocycles. The van der Waals surface area contributed by atoms with Crippen LogP contribution in [0.15, 0.2) is 79.3 Å². The minimum absolute atomic E-state index is 0.0838. The van der Waals surface area contributed by atoms with Gasteiger partial charge in [-0.25, -0.2) is 9.78 Å². The standard InChI is InChI=1S/C27H26ClN7O2/c28-21-4-7-23(8-5-21)37-24-3-1-2-19(14-24)16-33-17-20-10-13-34(25(20)18-33)27(36)32-22-6-9-26(29-15-22)35-30-11-12-31-35/h1-9,11-12,14-15,20,25H,10,13,16-18H2,(H,32,36)/t20-,25+/m1/s1. The molecule has 0 aliphatic carbocycles. The van der Waals surface area contributed by atoms with E-state index in [4.69, 9.17) is 16.3 Å². The maximum atomic E-state index is 13.1. The topological polar surface area (TPSA) is 88.4 Å². The van der Waals surface area contributed by atoms with Gasteiger partial charge in [-0.2, -0.15) is 10.2 Å². The molecule has 0 radical (unpaired) electrons. The van der Waals surface area contributed by atoms with Gasteiger partial charge in [-0.15, -0.1) is 4.80 Å². The number of urea groups is 1. The normalized spacial score (nSPS) is 19.1. The van der Waals surface area contributed by atoms with Crippen molar-refractivity contribution >= 4 is 23.3 Å². The van der Waals surface area contributed by atoms with Gasteiger partial charge in [0.2, 0.25) is 0 Å². The molecule has 2 amide bonds. The number of likely N-dealkylation sites (tertiary alicyclic amines) is 2. The highest BCUT2D eigenvalue weighted by atomic mass is 35.5. The van der Waals surface area contributed by atoms with E-state index in [9.17, 15) is 4.79 Å². The summed E-state index contributed by atoms with van der Waals surface area (Å²) in [5.74, 6) is 2.62. The number of nitrogens with zero attached hydrogens (tertiary/aromatic N) is 6. The number of nitrogens with one attached hydrogen (secondary N) is 1. The van der Waals surface area contributed by atoms with Crippen LogP contribution in [0.3, 0.4) is 0 Å². The minimum atomic E-state index is -0.0838. The first-order chi connectivity index (χ1) is 18.1. The Morgan fingerprint density at radius 3 is 2.65 bits per heavy atom. The molecular formula is C27H26ClN7O2. The second-order valence-electron chi connectivity index (χ2n) is 9.36. The molecule has 2 aromatic heterocycles. The van der Waals surface area contributed by atoms with E-state index < -0.39 is 0 Å². The zero-order valence-electron chi connectivity index (χ0n) is 20.1. The minimum Gasteiger partial charge on any atom is -0.457 e. The number of hydrogen-bond acceptors (Lipinski definition) is 6. The number of rotatable bonds is 6. The van der Waals surface area contributed by atoms with E-state index in [2.05, 4.69) is 37.5 Å². The average molecular weight is 516 g/mol. The predicted molar refractivity (Wildman–Crippen MR) is 140 cm³/mol. The van der Waals surface area contributed by atoms with E-state index in [1.54, 1.807) is 24.7 Å². The van der Waals surface area contributed by atoms with Crippen LogP contribution >= 0.6 is 11.6 Å². The van der Waals surface area contributed by atoms with E-state index in [0.29, 0.717) is 22.4 Å². The van der Waals surface area contributed by atoms with Gasteiger partial charge < -0.3 is 15.0 Å². The lowest BCUT2D eigenvalue weighted by atomic mass is 10.1. The van der Waals surface area contributed by atoms with Crippen LogP contribution in [0.4, 0.5) is 10.5 Å². The Balaban J connectivity index is 1.05. The van der Waals surface area contributed by atoms with Crippen molar-refractivity contribution in [2.75, 3.05) is 25.0 Å². The zero-order valence-corrected chi connectivity index (χ0v) is 20.8. The molecule has 0 saturated carbocycles. The third kappa shape index (κ3) is 5.28. The van der Waals surface area contributed by atoms with E-state index >= 15 is 0 Å². The smallest absolute Gasteiger partial charge is 0.322 e. The van der Waals surface area contributed by atoms with Crippen LogP contribution in [0.5, 0.6) is 11.5 Å². The third-order valence-corrected chi connectivity index (χ3v) is 7.11. The highest BCUT2D eigenvalue weighted by molar-refractivity contribution is 6.30. The molecule has 2 fully saturated rings. The Morgan fingerprint density at radius 2 is 1.86 bits per heavy atom. The lowest BCUT2D eigenvalue weighted by Crippen LogP contribution is -2.42. The van der Waals surface area contributed by atoms with Gasteiger partial charge >= 0.3 is 6.03 Å². The monoisotopic (exact) mass is 515 g/mol. The van der Waals surface area contributed by atoms with Gasteiger partial charge in [0.1, 0.15) is 11.5 Å². The van der Waals surface area contributed by atoms with Gasteiger partial charge in [-0.3, -0.25) is 4.90 Å². The van der Waals surface area contributed by atoms with Crippen molar-refractivity contribution in [2.45, 2.75) is 19.0 Å². The second-order valence-corrected chi connectivity index (χ2v) is 9.80. The summed E-state index contributed by atoms with van der Waals surface area (Å²) < 4.78 is 5.99. The number of ether oxygens (including phenoxy) is 1. The van der Waals surface area contributed by atoms with Crippen LogP contribution in [0.1, 0.15) is 12.0 Å². The molecule has 2 aliphatic heterocycles. The Kier molecular flexibility index (Phi) is 6.46. The van der Waals surface area contributed by atoms with Crippen LogP contribution in [0.25, 0.3) is 5.82 Å². The van der Waals surface area contributed by atoms with Crippen LogP contribution in [-0.2, 0) is 6.54 Å². The van der Waals surface area contributed by atoms with E-state index in [-0.39, 0.29) is 12.1 Å². The number of anilines is 1. The fourth-order valence-corrected chi connectivity index (χ4v) is 5.27. The molecule has 10 heteroatoms. The van der Waals surface area contributed by atoms with Gasteiger partial charge in [0.25, 0.3) is 0 Å². The Morgan fingerprint density at radius 1 is 1.03 bits per heavy atom. The summed E-state index contributed by atoms with van der Waals surface area (Å²) >= 11 is 5.97. The Labute approximate surface area is 219 Å². The number of hydrogen-bond donors (Lipinski definition) is 1. The Bertz CT molecular complexity index is 1360. The van der Waals surface area contributed by atoms with Crippen LogP contribution in [-0.4, -0.2) is 61.5 Å². The van der Waals surface area contributed by atoms with Crippen molar-refractivity contribution in [1.82, 2.24) is 29.8 Å². The highest BCUT2D eigenvalue weighted by Crippen LogP contribution is 2.33. The number of carbonyl (C=O) groups excluding carboxylic acids is 1. The fourth-order valence-electron chi connectivity index (χ4n) is 5.14. The van der Waals surface area contributed by atoms with Crippen molar-refractivity contribution in [3.63, 3.8) is 0 Å². The van der Waals surface area contributed by atoms with Crippen molar-refractivity contribution < 1.29 is 9.53 Å². The van der Waals surface area contributed by atoms with E-state index in [0.717, 1.165) is 44.1 Å². The average Bonchev–Trinajstić information content (AvgIpc) is 3.64. The highest BCUT2D eigenvalue weighted by Gasteiger charge is 2.43. The first-order valence-electron chi connectivity index (χ1n) is 12.3.